The number of hydrogen-bond acceptors (Lipinski definition) is 6. The van der Waals surface area contributed by atoms with Crippen LogP contribution in [-0.4, -0.2) is 60.1 Å². The molecule has 30 heavy (non-hydrogen) atoms. The summed E-state index contributed by atoms with van der Waals surface area (Å²) in [6.07, 6.45) is 1.93. The Hall–Kier alpha value is -3.14. The molecule has 1 unspecified atom stereocenters. The number of nitrogens with zero attached hydrogens (tertiary/aromatic N) is 3. The van der Waals surface area contributed by atoms with E-state index >= 15 is 0 Å². The number of nitrogens with one attached hydrogen (secondary N) is 1. The van der Waals surface area contributed by atoms with Crippen LogP contribution < -0.4 is 11.1 Å². The van der Waals surface area contributed by atoms with Crippen molar-refractivity contribution in [2.75, 3.05) is 38.7 Å². The van der Waals surface area contributed by atoms with Crippen molar-refractivity contribution in [1.29, 1.82) is 0 Å². The molecule has 3 N–H and O–H groups in total. The maximum atomic E-state index is 13.2. The lowest BCUT2D eigenvalue weighted by molar-refractivity contribution is 0.0525. The van der Waals surface area contributed by atoms with Gasteiger partial charge in [0.15, 0.2) is 5.82 Å². The van der Waals surface area contributed by atoms with Gasteiger partial charge >= 0.3 is 6.09 Å². The average Bonchev–Trinajstić information content (AvgIpc) is 3.14. The lowest BCUT2D eigenvalue weighted by Crippen LogP contribution is -2.44. The molecular weight excluding hydrogens is 393 g/mol. The van der Waals surface area contributed by atoms with Gasteiger partial charge in [-0.15, -0.1) is 0 Å². The van der Waals surface area contributed by atoms with Crippen LogP contribution in [0.25, 0.3) is 0 Å². The van der Waals surface area contributed by atoms with Crippen molar-refractivity contribution >= 4 is 23.5 Å². The van der Waals surface area contributed by atoms with E-state index in [1.165, 1.54) is 19.2 Å². The van der Waals surface area contributed by atoms with Gasteiger partial charge in [-0.3, -0.25) is 9.48 Å². The first-order valence-corrected chi connectivity index (χ1v) is 9.71. The molecule has 2 aromatic rings. The van der Waals surface area contributed by atoms with Gasteiger partial charge in [0.25, 0.3) is 5.91 Å². The van der Waals surface area contributed by atoms with Crippen LogP contribution in [-0.2, 0) is 9.47 Å². The number of carbonyl (C=O) groups excluding carboxylic acids is 2. The highest BCUT2D eigenvalue weighted by molar-refractivity contribution is 5.98. The molecule has 0 spiro atoms. The molecule has 1 aliphatic rings. The van der Waals surface area contributed by atoms with Crippen molar-refractivity contribution in [2.45, 2.75) is 19.4 Å². The number of methoxy groups -OCH3 is 1. The monoisotopic (exact) mass is 419 g/mol. The third-order valence-corrected chi connectivity index (χ3v) is 5.13. The van der Waals surface area contributed by atoms with Gasteiger partial charge in [0.1, 0.15) is 18.0 Å². The zero-order chi connectivity index (χ0) is 21.7. The standard InChI is InChI=1S/C20H26FN5O4/c1-13-7-8-25(20(28)30-10-9-29-2)12-17(13)26-11-16(18(22)27)19(24-26)23-15-5-3-14(21)4-6-15/h3-6,11,13,17H,7-10,12H2,1-2H3,(H2,22,27)(H,23,24)/t13-,17?/m1/s1. The van der Waals surface area contributed by atoms with Crippen molar-refractivity contribution in [2.24, 2.45) is 11.7 Å². The molecule has 1 saturated heterocycles. The molecule has 1 aromatic heterocycles. The van der Waals surface area contributed by atoms with Crippen molar-refractivity contribution in [1.82, 2.24) is 14.7 Å². The summed E-state index contributed by atoms with van der Waals surface area (Å²) in [7, 11) is 1.54. The van der Waals surface area contributed by atoms with Crippen LogP contribution in [0.4, 0.5) is 20.7 Å². The van der Waals surface area contributed by atoms with Crippen LogP contribution in [0.5, 0.6) is 0 Å². The van der Waals surface area contributed by atoms with Crippen molar-refractivity contribution in [3.8, 4) is 0 Å². The van der Waals surface area contributed by atoms with Gasteiger partial charge in [-0.1, -0.05) is 6.92 Å². The number of rotatable bonds is 7. The van der Waals surface area contributed by atoms with Gasteiger partial charge in [-0.2, -0.15) is 5.10 Å². The molecule has 9 nitrogen and oxygen atoms in total. The van der Waals surface area contributed by atoms with Gasteiger partial charge in [0, 0.05) is 32.1 Å². The van der Waals surface area contributed by atoms with Gasteiger partial charge in [-0.25, -0.2) is 9.18 Å². The number of anilines is 2. The lowest BCUT2D eigenvalue weighted by atomic mass is 9.94. The van der Waals surface area contributed by atoms with E-state index in [2.05, 4.69) is 17.3 Å². The molecule has 0 radical (unpaired) electrons. The Kier molecular flexibility index (Phi) is 6.88. The zero-order valence-corrected chi connectivity index (χ0v) is 17.0. The highest BCUT2D eigenvalue weighted by Gasteiger charge is 2.32. The van der Waals surface area contributed by atoms with Crippen LogP contribution in [0.1, 0.15) is 29.7 Å². The second-order valence-electron chi connectivity index (χ2n) is 7.25. The summed E-state index contributed by atoms with van der Waals surface area (Å²) in [6, 6.07) is 5.54. The first-order chi connectivity index (χ1) is 14.4. The second-order valence-corrected chi connectivity index (χ2v) is 7.25. The number of amides is 2. The van der Waals surface area contributed by atoms with Crippen LogP contribution in [0.2, 0.25) is 0 Å². The minimum absolute atomic E-state index is 0.157. The Labute approximate surface area is 173 Å². The number of primary amides is 1. The molecule has 0 aliphatic carbocycles. The van der Waals surface area contributed by atoms with Crippen LogP contribution >= 0.6 is 0 Å². The number of carbonyl (C=O) groups is 2. The number of nitrogens with two attached hydrogens (primary N) is 1. The number of benzene rings is 1. The second kappa shape index (κ2) is 9.57. The molecule has 10 heteroatoms. The Morgan fingerprint density at radius 2 is 2.03 bits per heavy atom. The van der Waals surface area contributed by atoms with Gasteiger partial charge in [0.2, 0.25) is 0 Å². The van der Waals surface area contributed by atoms with E-state index in [4.69, 9.17) is 15.2 Å². The SMILES string of the molecule is COCCOC(=O)N1CC[C@@H](C)C(n2cc(C(N)=O)c(Nc3ccc(F)cc3)n2)C1. The fourth-order valence-electron chi connectivity index (χ4n) is 3.37. The zero-order valence-electron chi connectivity index (χ0n) is 17.0. The third-order valence-electron chi connectivity index (χ3n) is 5.13. The number of ether oxygens (including phenoxy) is 2. The highest BCUT2D eigenvalue weighted by Crippen LogP contribution is 2.30. The Balaban J connectivity index is 1.78. The molecule has 3 rings (SSSR count). The summed E-state index contributed by atoms with van der Waals surface area (Å²) in [5, 5.41) is 7.51. The fourth-order valence-corrected chi connectivity index (χ4v) is 3.37. The highest BCUT2D eigenvalue weighted by atomic mass is 19.1. The molecule has 1 aromatic carbocycles. The van der Waals surface area contributed by atoms with Gasteiger partial charge in [0.05, 0.1) is 12.6 Å². The maximum absolute atomic E-state index is 13.2. The predicted octanol–water partition coefficient (Wildman–Crippen LogP) is 2.53. The number of piperidine rings is 1. The Bertz CT molecular complexity index is 886. The number of hydrogen-bond donors (Lipinski definition) is 2. The van der Waals surface area contributed by atoms with E-state index in [-0.39, 0.29) is 35.8 Å². The van der Waals surface area contributed by atoms with Gasteiger partial charge < -0.3 is 25.4 Å². The summed E-state index contributed by atoms with van der Waals surface area (Å²) in [4.78, 5) is 25.9. The summed E-state index contributed by atoms with van der Waals surface area (Å²) >= 11 is 0. The van der Waals surface area contributed by atoms with E-state index in [9.17, 15) is 14.0 Å². The lowest BCUT2D eigenvalue weighted by Gasteiger charge is -2.36. The van der Waals surface area contributed by atoms with Crippen molar-refractivity contribution in [3.63, 3.8) is 0 Å². The molecule has 1 aliphatic heterocycles. The smallest absolute Gasteiger partial charge is 0.409 e. The minimum Gasteiger partial charge on any atom is -0.447 e. The van der Waals surface area contributed by atoms with Crippen LogP contribution in [0, 0.1) is 11.7 Å². The fraction of sp³-hybridized carbons (Fsp3) is 0.450. The summed E-state index contributed by atoms with van der Waals surface area (Å²) in [5.74, 6) is -0.506. The summed E-state index contributed by atoms with van der Waals surface area (Å²) in [5.41, 5.74) is 6.31. The molecular formula is C20H26FN5O4. The molecule has 1 fully saturated rings. The Morgan fingerprint density at radius 3 is 2.70 bits per heavy atom. The molecule has 0 saturated carbocycles. The first kappa shape index (κ1) is 21.6. The number of likely N-dealkylation sites (tertiary alicyclic amines) is 1. The van der Waals surface area contributed by atoms with Crippen LogP contribution in [0.3, 0.4) is 0 Å². The van der Waals surface area contributed by atoms with E-state index in [1.54, 1.807) is 27.9 Å². The topological polar surface area (TPSA) is 112 Å². The molecule has 162 valence electrons. The largest absolute Gasteiger partial charge is 0.447 e. The summed E-state index contributed by atoms with van der Waals surface area (Å²) < 4.78 is 24.9. The van der Waals surface area contributed by atoms with Crippen molar-refractivity contribution < 1.29 is 23.5 Å². The van der Waals surface area contributed by atoms with E-state index in [1.807, 2.05) is 0 Å². The normalized spacial score (nSPS) is 18.8. The minimum atomic E-state index is -0.634. The van der Waals surface area contributed by atoms with Crippen molar-refractivity contribution in [3.05, 3.63) is 41.8 Å². The van der Waals surface area contributed by atoms with E-state index in [0.717, 1.165) is 6.42 Å². The average molecular weight is 419 g/mol. The molecule has 2 heterocycles. The number of aromatic nitrogens is 2. The molecule has 2 amide bonds. The molecule has 2 atom stereocenters. The first-order valence-electron chi connectivity index (χ1n) is 9.71. The molecule has 0 bridgehead atoms. The summed E-state index contributed by atoms with van der Waals surface area (Å²) in [6.45, 7) is 3.55. The van der Waals surface area contributed by atoms with E-state index in [0.29, 0.717) is 25.4 Å². The van der Waals surface area contributed by atoms with E-state index < -0.39 is 12.0 Å². The van der Waals surface area contributed by atoms with Gasteiger partial charge in [-0.05, 0) is 36.6 Å². The quantitative estimate of drug-likeness (QED) is 0.667. The third kappa shape index (κ3) is 5.07. The maximum Gasteiger partial charge on any atom is 0.409 e. The van der Waals surface area contributed by atoms with Crippen LogP contribution in [0.15, 0.2) is 30.5 Å². The predicted molar refractivity (Wildman–Crippen MR) is 108 cm³/mol. The number of halogens is 1. The Morgan fingerprint density at radius 1 is 1.30 bits per heavy atom.